The van der Waals surface area contributed by atoms with E-state index in [-0.39, 0.29) is 5.92 Å². The Kier molecular flexibility index (Phi) is 6.38. The maximum Gasteiger partial charge on any atom is 0.231 e. The highest BCUT2D eigenvalue weighted by atomic mass is 16.2. The summed E-state index contributed by atoms with van der Waals surface area (Å²) in [5.41, 5.74) is 2.56. The van der Waals surface area contributed by atoms with Crippen molar-refractivity contribution < 1.29 is 9.69 Å². The third-order valence-electron chi connectivity index (χ3n) is 6.42. The van der Waals surface area contributed by atoms with E-state index in [1.165, 1.54) is 10.5 Å². The normalized spacial score (nSPS) is 23.5. The molecule has 3 heterocycles. The van der Waals surface area contributed by atoms with Gasteiger partial charge in [-0.25, -0.2) is 0 Å². The number of likely N-dealkylation sites (tertiary alicyclic amines) is 2. The molecule has 1 unspecified atom stereocenters. The molecule has 1 amide bonds. The van der Waals surface area contributed by atoms with Gasteiger partial charge in [0.2, 0.25) is 5.91 Å². The molecular formula is C24H32N3O+. The lowest BCUT2D eigenvalue weighted by atomic mass is 9.89. The summed E-state index contributed by atoms with van der Waals surface area (Å²) in [7, 11) is 0. The van der Waals surface area contributed by atoms with E-state index in [1.54, 1.807) is 0 Å². The average molecular weight is 379 g/mol. The van der Waals surface area contributed by atoms with Crippen LogP contribution in [0.25, 0.3) is 0 Å². The van der Waals surface area contributed by atoms with Crippen LogP contribution in [0.4, 0.5) is 0 Å². The molecule has 0 radical (unpaired) electrons. The van der Waals surface area contributed by atoms with E-state index in [2.05, 4.69) is 46.3 Å². The second-order valence-corrected chi connectivity index (χ2v) is 8.50. The van der Waals surface area contributed by atoms with E-state index in [0.717, 1.165) is 70.5 Å². The van der Waals surface area contributed by atoms with Crippen LogP contribution in [0.3, 0.4) is 0 Å². The highest BCUT2D eigenvalue weighted by molar-refractivity contribution is 5.79. The smallest absolute Gasteiger partial charge is 0.231 e. The molecule has 1 aromatic carbocycles. The molecule has 28 heavy (non-hydrogen) atoms. The summed E-state index contributed by atoms with van der Waals surface area (Å²) in [6.07, 6.45) is 7.47. The Hall–Kier alpha value is -2.20. The van der Waals surface area contributed by atoms with E-state index >= 15 is 0 Å². The van der Waals surface area contributed by atoms with E-state index in [9.17, 15) is 4.79 Å². The third-order valence-corrected chi connectivity index (χ3v) is 6.42. The van der Waals surface area contributed by atoms with Crippen LogP contribution in [0.1, 0.15) is 36.9 Å². The number of amides is 1. The lowest BCUT2D eigenvalue weighted by molar-refractivity contribution is -0.921. The first-order valence-corrected chi connectivity index (χ1v) is 10.8. The van der Waals surface area contributed by atoms with Gasteiger partial charge in [0, 0.05) is 19.3 Å². The van der Waals surface area contributed by atoms with Crippen LogP contribution in [0.5, 0.6) is 0 Å². The Labute approximate surface area is 168 Å². The van der Waals surface area contributed by atoms with Gasteiger partial charge in [-0.3, -0.25) is 9.78 Å². The molecule has 1 aromatic heterocycles. The van der Waals surface area contributed by atoms with Gasteiger partial charge >= 0.3 is 0 Å². The molecule has 148 valence electrons. The first-order valence-electron chi connectivity index (χ1n) is 10.8. The van der Waals surface area contributed by atoms with Crippen molar-refractivity contribution in [2.24, 2.45) is 11.8 Å². The Morgan fingerprint density at radius 2 is 1.82 bits per heavy atom. The molecule has 2 aromatic rings. The highest BCUT2D eigenvalue weighted by Gasteiger charge is 2.33. The molecule has 4 heteroatoms. The second kappa shape index (κ2) is 9.33. The average Bonchev–Trinajstić information content (AvgIpc) is 2.75. The van der Waals surface area contributed by atoms with Crippen LogP contribution in [0.15, 0.2) is 54.7 Å². The van der Waals surface area contributed by atoms with Gasteiger partial charge in [0.1, 0.15) is 6.54 Å². The largest absolute Gasteiger partial charge is 0.342 e. The third kappa shape index (κ3) is 4.99. The van der Waals surface area contributed by atoms with Crippen molar-refractivity contribution in [3.05, 3.63) is 66.0 Å². The number of carbonyl (C=O) groups is 1. The fraction of sp³-hybridized carbons (Fsp3) is 0.500. The first kappa shape index (κ1) is 19.1. The van der Waals surface area contributed by atoms with Gasteiger partial charge in [-0.1, -0.05) is 36.4 Å². The van der Waals surface area contributed by atoms with Crippen LogP contribution >= 0.6 is 0 Å². The molecule has 2 saturated heterocycles. The molecule has 0 saturated carbocycles. The number of carbonyl (C=O) groups excluding carboxylic acids is 1. The number of benzene rings is 1. The zero-order valence-electron chi connectivity index (χ0n) is 16.7. The SMILES string of the molecule is O=C([C@@H]1CCC[NH+](Cc2ccccn2)C1)N1CCC(Cc2ccccc2)CC1. The van der Waals surface area contributed by atoms with Crippen LogP contribution in [0.2, 0.25) is 0 Å². The maximum atomic E-state index is 13.1. The van der Waals surface area contributed by atoms with Crippen molar-refractivity contribution in [2.75, 3.05) is 26.2 Å². The molecule has 0 spiro atoms. The minimum atomic E-state index is 0.193. The maximum absolute atomic E-state index is 13.1. The van der Waals surface area contributed by atoms with Gasteiger partial charge in [-0.2, -0.15) is 0 Å². The second-order valence-electron chi connectivity index (χ2n) is 8.50. The number of piperidine rings is 2. The van der Waals surface area contributed by atoms with Crippen molar-refractivity contribution in [1.82, 2.24) is 9.88 Å². The zero-order chi connectivity index (χ0) is 19.2. The standard InChI is InChI=1S/C24H31N3O/c28-24(22-9-6-14-26(18-22)19-23-10-4-5-13-25-23)27-15-11-21(12-16-27)17-20-7-2-1-3-8-20/h1-5,7-8,10,13,21-22H,6,9,11-12,14-19H2/p+1/t22-/m1/s1. The molecule has 4 nitrogen and oxygen atoms in total. The number of rotatable bonds is 5. The summed E-state index contributed by atoms with van der Waals surface area (Å²) in [5.74, 6) is 1.30. The molecule has 1 N–H and O–H groups in total. The Morgan fingerprint density at radius 1 is 1.04 bits per heavy atom. The fourth-order valence-corrected chi connectivity index (χ4v) is 4.84. The Bertz CT molecular complexity index is 741. The predicted molar refractivity (Wildman–Crippen MR) is 111 cm³/mol. The van der Waals surface area contributed by atoms with Crippen molar-refractivity contribution in [3.8, 4) is 0 Å². The van der Waals surface area contributed by atoms with Crippen LogP contribution in [-0.2, 0) is 17.8 Å². The van der Waals surface area contributed by atoms with Crippen LogP contribution in [-0.4, -0.2) is 42.0 Å². The first-order chi connectivity index (χ1) is 13.8. The van der Waals surface area contributed by atoms with Crippen LogP contribution in [0, 0.1) is 11.8 Å². The van der Waals surface area contributed by atoms with Gasteiger partial charge in [-0.15, -0.1) is 0 Å². The molecule has 2 aliphatic heterocycles. The summed E-state index contributed by atoms with van der Waals surface area (Å²) >= 11 is 0. The molecule has 2 atom stereocenters. The van der Waals surface area contributed by atoms with E-state index in [4.69, 9.17) is 0 Å². The van der Waals surface area contributed by atoms with Crippen molar-refractivity contribution in [1.29, 1.82) is 0 Å². The summed E-state index contributed by atoms with van der Waals surface area (Å²) in [4.78, 5) is 21.2. The molecule has 2 aliphatic rings. The van der Waals surface area contributed by atoms with E-state index in [0.29, 0.717) is 11.8 Å². The summed E-state index contributed by atoms with van der Waals surface area (Å²) < 4.78 is 0. The molecule has 0 aliphatic carbocycles. The minimum absolute atomic E-state index is 0.193. The topological polar surface area (TPSA) is 37.6 Å². The Balaban J connectivity index is 1.26. The number of quaternary nitrogens is 1. The monoisotopic (exact) mass is 378 g/mol. The number of hydrogen-bond donors (Lipinski definition) is 1. The van der Waals surface area contributed by atoms with Gasteiger partial charge in [0.15, 0.2) is 0 Å². The Morgan fingerprint density at radius 3 is 2.57 bits per heavy atom. The zero-order valence-corrected chi connectivity index (χ0v) is 16.7. The molecule has 2 fully saturated rings. The molecule has 0 bridgehead atoms. The van der Waals surface area contributed by atoms with Gasteiger partial charge < -0.3 is 9.80 Å². The van der Waals surface area contributed by atoms with E-state index < -0.39 is 0 Å². The van der Waals surface area contributed by atoms with Crippen molar-refractivity contribution in [3.63, 3.8) is 0 Å². The predicted octanol–water partition coefficient (Wildman–Crippen LogP) is 2.36. The fourth-order valence-electron chi connectivity index (χ4n) is 4.84. The highest BCUT2D eigenvalue weighted by Crippen LogP contribution is 2.23. The lowest BCUT2D eigenvalue weighted by Crippen LogP contribution is -3.12. The van der Waals surface area contributed by atoms with Crippen LogP contribution < -0.4 is 4.90 Å². The van der Waals surface area contributed by atoms with Crippen molar-refractivity contribution >= 4 is 5.91 Å². The molecular weight excluding hydrogens is 346 g/mol. The van der Waals surface area contributed by atoms with Gasteiger partial charge in [0.05, 0.1) is 24.7 Å². The number of nitrogens with zero attached hydrogens (tertiary/aromatic N) is 2. The number of pyridine rings is 1. The quantitative estimate of drug-likeness (QED) is 0.867. The lowest BCUT2D eigenvalue weighted by Gasteiger charge is -2.36. The molecule has 4 rings (SSSR count). The minimum Gasteiger partial charge on any atom is -0.342 e. The van der Waals surface area contributed by atoms with Gasteiger partial charge in [0.25, 0.3) is 0 Å². The van der Waals surface area contributed by atoms with Gasteiger partial charge in [-0.05, 0) is 55.7 Å². The summed E-state index contributed by atoms with van der Waals surface area (Å²) in [6.45, 7) is 4.91. The summed E-state index contributed by atoms with van der Waals surface area (Å²) in [5, 5.41) is 0. The number of hydrogen-bond acceptors (Lipinski definition) is 2. The van der Waals surface area contributed by atoms with E-state index in [1.807, 2.05) is 18.3 Å². The number of aromatic nitrogens is 1. The number of nitrogens with one attached hydrogen (secondary N) is 1. The van der Waals surface area contributed by atoms with Crippen molar-refractivity contribution in [2.45, 2.75) is 38.6 Å². The summed E-state index contributed by atoms with van der Waals surface area (Å²) in [6, 6.07) is 16.9.